The molecule has 3 aromatic rings. The van der Waals surface area contributed by atoms with Gasteiger partial charge < -0.3 is 0 Å². The zero-order chi connectivity index (χ0) is 18.8. The lowest BCUT2D eigenvalue weighted by atomic mass is 9.94. The first kappa shape index (κ1) is 17.8. The maximum atomic E-state index is 4.44. The Morgan fingerprint density at radius 1 is 0.893 bits per heavy atom. The summed E-state index contributed by atoms with van der Waals surface area (Å²) in [6.07, 6.45) is 8.00. The number of hydrogen-bond donors (Lipinski definition) is 0. The molecule has 5 heteroatoms. The van der Waals surface area contributed by atoms with Crippen molar-refractivity contribution in [2.24, 2.45) is 0 Å². The van der Waals surface area contributed by atoms with Crippen LogP contribution in [0.2, 0.25) is 0 Å². The van der Waals surface area contributed by atoms with Gasteiger partial charge in [-0.3, -0.25) is 9.80 Å². The highest BCUT2D eigenvalue weighted by atomic mass is 15.5. The molecule has 0 amide bonds. The molecule has 1 saturated carbocycles. The highest BCUT2D eigenvalue weighted by Crippen LogP contribution is 2.28. The lowest BCUT2D eigenvalue weighted by Gasteiger charge is -2.30. The van der Waals surface area contributed by atoms with Gasteiger partial charge in [-0.15, -0.1) is 5.10 Å². The van der Waals surface area contributed by atoms with Crippen LogP contribution >= 0.6 is 0 Å². The van der Waals surface area contributed by atoms with Gasteiger partial charge in [0.05, 0.1) is 18.9 Å². The second kappa shape index (κ2) is 8.02. The maximum Gasteiger partial charge on any atom is 0.113 e. The Morgan fingerprint density at radius 2 is 1.68 bits per heavy atom. The summed E-state index contributed by atoms with van der Waals surface area (Å²) in [5.74, 6) is 0. The van der Waals surface area contributed by atoms with Gasteiger partial charge >= 0.3 is 0 Å². The smallest absolute Gasteiger partial charge is 0.113 e. The van der Waals surface area contributed by atoms with E-state index in [9.17, 15) is 0 Å². The highest BCUT2D eigenvalue weighted by Gasteiger charge is 2.35. The summed E-state index contributed by atoms with van der Waals surface area (Å²) < 4.78 is 2.07. The number of rotatable bonds is 5. The number of fused-ring (bicyclic) bond motifs is 1. The number of para-hydroxylation sites is 1. The number of hydrogen-bond acceptors (Lipinski definition) is 4. The molecule has 2 fully saturated rings. The van der Waals surface area contributed by atoms with E-state index in [2.05, 4.69) is 67.3 Å². The van der Waals surface area contributed by atoms with Crippen LogP contribution in [0.4, 0.5) is 0 Å². The predicted octanol–water partition coefficient (Wildman–Crippen LogP) is 3.91. The fourth-order valence-corrected chi connectivity index (χ4v) is 4.94. The SMILES string of the molecule is c1ccc(CC2CN(C3CCCCC3)CN2Cn2nnc3ccccc32)cc1. The third-order valence-electron chi connectivity index (χ3n) is 6.47. The predicted molar refractivity (Wildman–Crippen MR) is 112 cm³/mol. The molecule has 2 heterocycles. The van der Waals surface area contributed by atoms with E-state index in [0.29, 0.717) is 6.04 Å². The van der Waals surface area contributed by atoms with E-state index < -0.39 is 0 Å². The van der Waals surface area contributed by atoms with Gasteiger partial charge in [-0.25, -0.2) is 4.68 Å². The van der Waals surface area contributed by atoms with Crippen molar-refractivity contribution >= 4 is 11.0 Å². The van der Waals surface area contributed by atoms with E-state index >= 15 is 0 Å². The second-order valence-corrected chi connectivity index (χ2v) is 8.36. The normalized spacial score (nSPS) is 22.2. The van der Waals surface area contributed by atoms with Crippen LogP contribution in [0.3, 0.4) is 0 Å². The van der Waals surface area contributed by atoms with E-state index in [4.69, 9.17) is 0 Å². The van der Waals surface area contributed by atoms with Crippen molar-refractivity contribution < 1.29 is 0 Å². The summed E-state index contributed by atoms with van der Waals surface area (Å²) in [5, 5.41) is 8.80. The zero-order valence-corrected chi connectivity index (χ0v) is 16.5. The topological polar surface area (TPSA) is 37.2 Å². The number of aromatic nitrogens is 3. The molecule has 1 aliphatic heterocycles. The third kappa shape index (κ3) is 3.69. The van der Waals surface area contributed by atoms with Gasteiger partial charge in [0, 0.05) is 18.6 Å². The minimum absolute atomic E-state index is 0.521. The lowest BCUT2D eigenvalue weighted by molar-refractivity contribution is 0.133. The van der Waals surface area contributed by atoms with Crippen molar-refractivity contribution in [3.05, 3.63) is 60.2 Å². The molecule has 0 N–H and O–H groups in total. The molecule has 5 rings (SSSR count). The molecule has 1 aromatic heterocycles. The van der Waals surface area contributed by atoms with Crippen molar-refractivity contribution in [1.82, 2.24) is 24.8 Å². The summed E-state index contributed by atoms with van der Waals surface area (Å²) in [6.45, 7) is 3.00. The molecule has 1 saturated heterocycles. The van der Waals surface area contributed by atoms with Gasteiger partial charge in [-0.05, 0) is 37.0 Å². The molecule has 0 radical (unpaired) electrons. The van der Waals surface area contributed by atoms with Crippen LogP contribution in [0.5, 0.6) is 0 Å². The molecule has 5 nitrogen and oxygen atoms in total. The highest BCUT2D eigenvalue weighted by molar-refractivity contribution is 5.73. The Hall–Kier alpha value is -2.24. The van der Waals surface area contributed by atoms with Gasteiger partial charge in [-0.1, -0.05) is 66.9 Å². The van der Waals surface area contributed by atoms with Crippen molar-refractivity contribution in [1.29, 1.82) is 0 Å². The first-order valence-corrected chi connectivity index (χ1v) is 10.7. The van der Waals surface area contributed by atoms with Crippen LogP contribution in [-0.2, 0) is 13.1 Å². The summed E-state index contributed by atoms with van der Waals surface area (Å²) in [5.41, 5.74) is 3.52. The fourth-order valence-electron chi connectivity index (χ4n) is 4.94. The molecule has 0 spiro atoms. The van der Waals surface area contributed by atoms with E-state index in [1.165, 1.54) is 37.7 Å². The summed E-state index contributed by atoms with van der Waals surface area (Å²) in [6, 6.07) is 20.5. The first-order valence-electron chi connectivity index (χ1n) is 10.7. The Kier molecular flexibility index (Phi) is 5.10. The van der Waals surface area contributed by atoms with Crippen molar-refractivity contribution in [2.45, 2.75) is 57.3 Å². The molecule has 1 unspecified atom stereocenters. The van der Waals surface area contributed by atoms with Crippen molar-refractivity contribution in [2.75, 3.05) is 13.2 Å². The Morgan fingerprint density at radius 3 is 2.54 bits per heavy atom. The van der Waals surface area contributed by atoms with Gasteiger partial charge in [0.2, 0.25) is 0 Å². The molecule has 2 aromatic carbocycles. The van der Waals surface area contributed by atoms with E-state index in [0.717, 1.165) is 43.4 Å². The molecule has 1 atom stereocenters. The summed E-state index contributed by atoms with van der Waals surface area (Å²) >= 11 is 0. The molecule has 0 bridgehead atoms. The Balaban J connectivity index is 1.37. The van der Waals surface area contributed by atoms with Gasteiger partial charge in [0.25, 0.3) is 0 Å². The van der Waals surface area contributed by atoms with Crippen LogP contribution < -0.4 is 0 Å². The quantitative estimate of drug-likeness (QED) is 0.678. The van der Waals surface area contributed by atoms with E-state index in [1.54, 1.807) is 0 Å². The zero-order valence-electron chi connectivity index (χ0n) is 16.5. The standard InChI is InChI=1S/C23H29N5/c1-3-9-19(10-4-1)15-21-16-26(20-11-5-2-6-12-20)17-27(21)18-28-23-14-8-7-13-22(23)24-25-28/h1,3-4,7-10,13-14,20-21H,2,5-6,11-12,15-18H2. The maximum absolute atomic E-state index is 4.44. The largest absolute Gasteiger partial charge is 0.286 e. The van der Waals surface area contributed by atoms with Crippen LogP contribution in [0.25, 0.3) is 11.0 Å². The molecular weight excluding hydrogens is 346 g/mol. The summed E-state index contributed by atoms with van der Waals surface area (Å²) in [7, 11) is 0. The van der Waals surface area contributed by atoms with Crippen LogP contribution in [0.15, 0.2) is 54.6 Å². The molecule has 1 aliphatic carbocycles. The third-order valence-corrected chi connectivity index (χ3v) is 6.47. The average molecular weight is 376 g/mol. The van der Waals surface area contributed by atoms with Crippen molar-refractivity contribution in [3.63, 3.8) is 0 Å². The second-order valence-electron chi connectivity index (χ2n) is 8.36. The minimum atomic E-state index is 0.521. The fraction of sp³-hybridized carbons (Fsp3) is 0.478. The number of benzene rings is 2. The monoisotopic (exact) mass is 375 g/mol. The average Bonchev–Trinajstić information content (AvgIpc) is 3.34. The van der Waals surface area contributed by atoms with E-state index in [-0.39, 0.29) is 0 Å². The van der Waals surface area contributed by atoms with Gasteiger partial charge in [-0.2, -0.15) is 0 Å². The molecular formula is C23H29N5. The van der Waals surface area contributed by atoms with Gasteiger partial charge in [0.15, 0.2) is 0 Å². The minimum Gasteiger partial charge on any atom is -0.286 e. The number of nitrogens with zero attached hydrogens (tertiary/aromatic N) is 5. The first-order chi connectivity index (χ1) is 13.9. The van der Waals surface area contributed by atoms with Crippen LogP contribution in [0.1, 0.15) is 37.7 Å². The molecule has 28 heavy (non-hydrogen) atoms. The Bertz CT molecular complexity index is 900. The van der Waals surface area contributed by atoms with Gasteiger partial charge in [0.1, 0.15) is 5.52 Å². The molecule has 2 aliphatic rings. The van der Waals surface area contributed by atoms with E-state index in [1.807, 2.05) is 12.1 Å². The van der Waals surface area contributed by atoms with Crippen LogP contribution in [-0.4, -0.2) is 50.1 Å². The lowest BCUT2D eigenvalue weighted by Crippen LogP contribution is -2.36. The Labute approximate surface area is 166 Å². The van der Waals surface area contributed by atoms with Crippen molar-refractivity contribution in [3.8, 4) is 0 Å². The molecule has 146 valence electrons. The van der Waals surface area contributed by atoms with Crippen LogP contribution in [0, 0.1) is 0 Å². The summed E-state index contributed by atoms with van der Waals surface area (Å²) in [4.78, 5) is 5.33.